The molecule has 1 saturated heterocycles. The highest BCUT2D eigenvalue weighted by atomic mass is 32.1. The fourth-order valence-electron chi connectivity index (χ4n) is 5.55. The maximum absolute atomic E-state index is 14.4. The highest BCUT2D eigenvalue weighted by molar-refractivity contribution is 7.10. The van der Waals surface area contributed by atoms with Gasteiger partial charge in [-0.25, -0.2) is 18.4 Å². The van der Waals surface area contributed by atoms with Crippen LogP contribution < -0.4 is 5.32 Å². The smallest absolute Gasteiger partial charge is 0.327 e. The highest BCUT2D eigenvalue weighted by Crippen LogP contribution is 2.53. The number of carbonyl (C=O) groups is 3. The number of carbonyl (C=O) groups excluding carboxylic acids is 2. The first-order valence-corrected chi connectivity index (χ1v) is 13.5. The number of Topliss-reactive ketones (excluding diaryl/α,β-unsaturated/α-hetero) is 1. The molecule has 1 aliphatic heterocycles. The monoisotopic (exact) mass is 560 g/mol. The number of halogens is 2. The second kappa shape index (κ2) is 11.0. The number of benzene rings is 3. The number of anilines is 1. The van der Waals surface area contributed by atoms with Crippen LogP contribution in [-0.4, -0.2) is 33.8 Å². The molecule has 2 heterocycles. The summed E-state index contributed by atoms with van der Waals surface area (Å²) in [4.78, 5) is 43.2. The first kappa shape index (κ1) is 27.2. The van der Waals surface area contributed by atoms with Crippen molar-refractivity contribution in [1.29, 1.82) is 0 Å². The van der Waals surface area contributed by atoms with E-state index in [0.29, 0.717) is 21.6 Å². The van der Waals surface area contributed by atoms with Gasteiger partial charge in [-0.1, -0.05) is 36.4 Å². The van der Waals surface area contributed by atoms with Gasteiger partial charge in [-0.05, 0) is 78.4 Å². The second-order valence-corrected chi connectivity index (χ2v) is 10.8. The molecule has 4 unspecified atom stereocenters. The van der Waals surface area contributed by atoms with E-state index in [2.05, 4.69) is 5.32 Å². The number of hydrogen-bond acceptors (Lipinski definition) is 4. The molecule has 4 atom stereocenters. The van der Waals surface area contributed by atoms with Gasteiger partial charge >= 0.3 is 12.0 Å². The first-order valence-electron chi connectivity index (χ1n) is 12.6. The quantitative estimate of drug-likeness (QED) is 0.250. The molecule has 6 nitrogen and oxygen atoms in total. The van der Waals surface area contributed by atoms with Gasteiger partial charge in [-0.3, -0.25) is 4.79 Å². The summed E-state index contributed by atoms with van der Waals surface area (Å²) in [7, 11) is 0. The Morgan fingerprint density at radius 1 is 0.850 bits per heavy atom. The average Bonchev–Trinajstić information content (AvgIpc) is 3.51. The van der Waals surface area contributed by atoms with Gasteiger partial charge in [0.25, 0.3) is 0 Å². The number of nitrogens with one attached hydrogen (secondary N) is 1. The van der Waals surface area contributed by atoms with Crippen molar-refractivity contribution in [3.05, 3.63) is 123 Å². The number of aliphatic carboxylic acids is 1. The van der Waals surface area contributed by atoms with Crippen molar-refractivity contribution in [2.45, 2.75) is 31.8 Å². The molecule has 40 heavy (non-hydrogen) atoms. The number of likely N-dealkylation sites (tertiary alicyclic amines) is 1. The van der Waals surface area contributed by atoms with Gasteiger partial charge in [0, 0.05) is 22.0 Å². The molecule has 2 N–H and O–H groups in total. The summed E-state index contributed by atoms with van der Waals surface area (Å²) in [5.74, 6) is -4.48. The van der Waals surface area contributed by atoms with E-state index >= 15 is 0 Å². The predicted molar refractivity (Wildman–Crippen MR) is 149 cm³/mol. The van der Waals surface area contributed by atoms with E-state index in [0.717, 1.165) is 5.56 Å². The van der Waals surface area contributed by atoms with Gasteiger partial charge in [0.2, 0.25) is 0 Å². The standard InChI is InChI=1S/C31H26F2N2O4S/c1-17-5-3-4-6-23(17)28(36)24-25(29-18(2)15-16-40-29)27(30(37)38)35(26(24)19-7-9-20(32)10-8-19)31(39)34-22-13-11-21(33)12-14-22/h3-16,24-27H,1-2H3,(H,34,39)(H,37,38). The van der Waals surface area contributed by atoms with E-state index in [9.17, 15) is 28.3 Å². The maximum atomic E-state index is 14.4. The van der Waals surface area contributed by atoms with E-state index in [1.807, 2.05) is 24.4 Å². The molecule has 1 fully saturated rings. The van der Waals surface area contributed by atoms with Crippen molar-refractivity contribution >= 4 is 34.8 Å². The van der Waals surface area contributed by atoms with Gasteiger partial charge in [0.05, 0.1) is 12.0 Å². The number of carboxylic acids is 1. The van der Waals surface area contributed by atoms with Crippen LogP contribution in [0.2, 0.25) is 0 Å². The van der Waals surface area contributed by atoms with E-state index in [4.69, 9.17) is 0 Å². The summed E-state index contributed by atoms with van der Waals surface area (Å²) in [6, 6.07) is 16.1. The molecule has 0 saturated carbocycles. The molecule has 204 valence electrons. The Hall–Kier alpha value is -4.37. The first-order chi connectivity index (χ1) is 19.2. The molecule has 2 amide bonds. The lowest BCUT2D eigenvalue weighted by atomic mass is 9.77. The number of amides is 2. The summed E-state index contributed by atoms with van der Waals surface area (Å²) in [5, 5.41) is 15.1. The number of ketones is 1. The zero-order valence-corrected chi connectivity index (χ0v) is 22.5. The van der Waals surface area contributed by atoms with Crippen molar-refractivity contribution in [1.82, 2.24) is 4.90 Å². The molecule has 0 spiro atoms. The molecule has 0 aliphatic carbocycles. The molecule has 1 aromatic heterocycles. The summed E-state index contributed by atoms with van der Waals surface area (Å²) < 4.78 is 27.5. The van der Waals surface area contributed by atoms with E-state index in [1.54, 1.807) is 25.1 Å². The van der Waals surface area contributed by atoms with Crippen molar-refractivity contribution in [2.75, 3.05) is 5.32 Å². The molecular weight excluding hydrogens is 534 g/mol. The number of urea groups is 1. The topological polar surface area (TPSA) is 86.7 Å². The lowest BCUT2D eigenvalue weighted by molar-refractivity contribution is -0.142. The molecule has 3 aromatic carbocycles. The largest absolute Gasteiger partial charge is 0.480 e. The van der Waals surface area contributed by atoms with E-state index < -0.39 is 47.6 Å². The molecule has 5 rings (SSSR count). The molecule has 0 bridgehead atoms. The third kappa shape index (κ3) is 5.00. The second-order valence-electron chi connectivity index (χ2n) is 9.82. The van der Waals surface area contributed by atoms with Crippen molar-refractivity contribution < 1.29 is 28.3 Å². The number of rotatable bonds is 6. The number of aryl methyl sites for hydroxylation is 2. The Balaban J connectivity index is 1.73. The Morgan fingerprint density at radius 3 is 2.05 bits per heavy atom. The molecule has 4 aromatic rings. The molecular formula is C31H26F2N2O4S. The van der Waals surface area contributed by atoms with Crippen LogP contribution >= 0.6 is 11.3 Å². The van der Waals surface area contributed by atoms with Crippen molar-refractivity contribution in [2.24, 2.45) is 5.92 Å². The SMILES string of the molecule is Cc1ccccc1C(=O)C1C(c2sccc2C)C(C(=O)O)N(C(=O)Nc2ccc(F)cc2)C1c1ccc(F)cc1. The van der Waals surface area contributed by atoms with Crippen LogP contribution in [0.3, 0.4) is 0 Å². The van der Waals surface area contributed by atoms with Crippen LogP contribution in [0.1, 0.15) is 43.9 Å². The van der Waals surface area contributed by atoms with Crippen LogP contribution in [0, 0.1) is 31.4 Å². The van der Waals surface area contributed by atoms with Crippen LogP contribution in [0.25, 0.3) is 0 Å². The zero-order valence-electron chi connectivity index (χ0n) is 21.7. The van der Waals surface area contributed by atoms with Gasteiger partial charge < -0.3 is 15.3 Å². The van der Waals surface area contributed by atoms with Crippen LogP contribution in [0.4, 0.5) is 19.3 Å². The van der Waals surface area contributed by atoms with Gasteiger partial charge in [0.1, 0.15) is 17.7 Å². The normalized spacial score (nSPS) is 20.4. The Morgan fingerprint density at radius 2 is 1.48 bits per heavy atom. The summed E-state index contributed by atoms with van der Waals surface area (Å²) >= 11 is 1.33. The molecule has 9 heteroatoms. The fraction of sp³-hybridized carbons (Fsp3) is 0.194. The summed E-state index contributed by atoms with van der Waals surface area (Å²) in [6.07, 6.45) is 0. The fourth-order valence-corrected chi connectivity index (χ4v) is 6.66. The number of carboxylic acid groups (broad SMARTS) is 1. The summed E-state index contributed by atoms with van der Waals surface area (Å²) in [6.45, 7) is 3.64. The lowest BCUT2D eigenvalue weighted by Gasteiger charge is -2.30. The van der Waals surface area contributed by atoms with Crippen molar-refractivity contribution in [3.63, 3.8) is 0 Å². The Kier molecular flexibility index (Phi) is 7.49. The van der Waals surface area contributed by atoms with Crippen LogP contribution in [0.15, 0.2) is 84.2 Å². The zero-order chi connectivity index (χ0) is 28.6. The maximum Gasteiger partial charge on any atom is 0.327 e. The van der Waals surface area contributed by atoms with Crippen LogP contribution in [0.5, 0.6) is 0 Å². The third-order valence-electron chi connectivity index (χ3n) is 7.38. The van der Waals surface area contributed by atoms with Gasteiger partial charge in [0.15, 0.2) is 5.78 Å². The minimum Gasteiger partial charge on any atom is -0.480 e. The molecule has 0 radical (unpaired) electrons. The average molecular weight is 561 g/mol. The van der Waals surface area contributed by atoms with E-state index in [-0.39, 0.29) is 11.5 Å². The van der Waals surface area contributed by atoms with E-state index in [1.165, 1.54) is 64.8 Å². The third-order valence-corrected chi connectivity index (χ3v) is 8.50. The highest BCUT2D eigenvalue weighted by Gasteiger charge is 2.58. The predicted octanol–water partition coefficient (Wildman–Crippen LogP) is 6.97. The number of nitrogens with zero attached hydrogens (tertiary/aromatic N) is 1. The Labute approximate surface area is 233 Å². The van der Waals surface area contributed by atoms with Crippen molar-refractivity contribution in [3.8, 4) is 0 Å². The molecule has 1 aliphatic rings. The number of thiophene rings is 1. The van der Waals surface area contributed by atoms with Crippen LogP contribution in [-0.2, 0) is 4.79 Å². The Bertz CT molecular complexity index is 1570. The number of hydrogen-bond donors (Lipinski definition) is 2. The minimum atomic E-state index is -1.43. The lowest BCUT2D eigenvalue weighted by Crippen LogP contribution is -2.45. The van der Waals surface area contributed by atoms with Gasteiger partial charge in [-0.15, -0.1) is 11.3 Å². The summed E-state index contributed by atoms with van der Waals surface area (Å²) in [5.41, 5.74) is 2.62. The minimum absolute atomic E-state index is 0.255. The van der Waals surface area contributed by atoms with Gasteiger partial charge in [-0.2, -0.15) is 0 Å².